The first-order valence-corrected chi connectivity index (χ1v) is 7.74. The highest BCUT2D eigenvalue weighted by molar-refractivity contribution is 7.91. The second kappa shape index (κ2) is 4.97. The summed E-state index contributed by atoms with van der Waals surface area (Å²) < 4.78 is 35.7. The Morgan fingerprint density at radius 1 is 1.44 bits per heavy atom. The Morgan fingerprint density at radius 3 is 2.72 bits per heavy atom. The van der Waals surface area contributed by atoms with Gasteiger partial charge in [-0.05, 0) is 24.1 Å². The lowest BCUT2D eigenvalue weighted by Crippen LogP contribution is -2.18. The predicted molar refractivity (Wildman–Crippen MR) is 66.9 cm³/mol. The highest BCUT2D eigenvalue weighted by Crippen LogP contribution is 2.22. The van der Waals surface area contributed by atoms with Gasteiger partial charge in [0.2, 0.25) is 0 Å². The zero-order valence-electron chi connectivity index (χ0n) is 9.53. The molecule has 0 aromatic heterocycles. The fourth-order valence-corrected chi connectivity index (χ4v) is 3.94. The van der Waals surface area contributed by atoms with Crippen LogP contribution in [0, 0.1) is 11.7 Å². The number of carbonyl (C=O) groups excluding carboxylic acids is 1. The molecule has 2 rings (SSSR count). The minimum Gasteiger partial charge on any atom is -0.299 e. The number of sulfone groups is 1. The van der Waals surface area contributed by atoms with E-state index in [1.165, 1.54) is 12.1 Å². The molecule has 18 heavy (non-hydrogen) atoms. The van der Waals surface area contributed by atoms with Crippen LogP contribution < -0.4 is 0 Å². The number of hydrogen-bond donors (Lipinski definition) is 0. The predicted octanol–water partition coefficient (Wildman–Crippen LogP) is 2.03. The molecule has 0 amide bonds. The molecule has 1 aliphatic heterocycles. The lowest BCUT2D eigenvalue weighted by Gasteiger charge is -2.07. The van der Waals surface area contributed by atoms with Gasteiger partial charge >= 0.3 is 0 Å². The molecule has 1 fully saturated rings. The van der Waals surface area contributed by atoms with Crippen LogP contribution in [-0.4, -0.2) is 25.7 Å². The summed E-state index contributed by atoms with van der Waals surface area (Å²) >= 11 is 5.54. The molecule has 6 heteroatoms. The summed E-state index contributed by atoms with van der Waals surface area (Å²) in [7, 11) is -3.06. The van der Waals surface area contributed by atoms with Crippen molar-refractivity contribution in [3.05, 3.63) is 34.6 Å². The molecule has 0 saturated carbocycles. The van der Waals surface area contributed by atoms with E-state index in [-0.39, 0.29) is 28.7 Å². The molecule has 3 nitrogen and oxygen atoms in total. The van der Waals surface area contributed by atoms with Crippen molar-refractivity contribution in [2.24, 2.45) is 5.92 Å². The summed E-state index contributed by atoms with van der Waals surface area (Å²) in [6.45, 7) is 0. The summed E-state index contributed by atoms with van der Waals surface area (Å²) in [6, 6.07) is 4.18. The third-order valence-electron chi connectivity index (χ3n) is 3.05. The first-order chi connectivity index (χ1) is 8.37. The second-order valence-electron chi connectivity index (χ2n) is 4.49. The minimum absolute atomic E-state index is 0.00893. The SMILES string of the molecule is O=C(Cc1ccc(Cl)c(F)c1)C1CCS(=O)(=O)C1. The zero-order valence-corrected chi connectivity index (χ0v) is 11.1. The van der Waals surface area contributed by atoms with Crippen molar-refractivity contribution in [2.45, 2.75) is 12.8 Å². The summed E-state index contributed by atoms with van der Waals surface area (Å²) in [5.74, 6) is -1.19. The van der Waals surface area contributed by atoms with E-state index in [4.69, 9.17) is 11.6 Å². The van der Waals surface area contributed by atoms with Crippen molar-refractivity contribution in [1.29, 1.82) is 0 Å². The van der Waals surface area contributed by atoms with E-state index >= 15 is 0 Å². The maximum atomic E-state index is 13.2. The maximum absolute atomic E-state index is 13.2. The van der Waals surface area contributed by atoms with Gasteiger partial charge in [0, 0.05) is 12.3 Å². The van der Waals surface area contributed by atoms with Gasteiger partial charge in [0.1, 0.15) is 11.6 Å². The molecular formula is C12H12ClFO3S. The first-order valence-electron chi connectivity index (χ1n) is 5.54. The van der Waals surface area contributed by atoms with Crippen LogP contribution in [0.5, 0.6) is 0 Å². The van der Waals surface area contributed by atoms with E-state index in [0.29, 0.717) is 12.0 Å². The van der Waals surface area contributed by atoms with Crippen LogP contribution in [0.4, 0.5) is 4.39 Å². The summed E-state index contributed by atoms with van der Waals surface area (Å²) in [6.07, 6.45) is 0.422. The number of benzene rings is 1. The monoisotopic (exact) mass is 290 g/mol. The Hall–Kier alpha value is -0.940. The number of ketones is 1. The molecule has 98 valence electrons. The quantitative estimate of drug-likeness (QED) is 0.856. The van der Waals surface area contributed by atoms with Gasteiger partial charge in [-0.15, -0.1) is 0 Å². The molecule has 0 spiro atoms. The average molecular weight is 291 g/mol. The third-order valence-corrected chi connectivity index (χ3v) is 5.12. The van der Waals surface area contributed by atoms with E-state index in [2.05, 4.69) is 0 Å². The van der Waals surface area contributed by atoms with Gasteiger partial charge in [-0.25, -0.2) is 12.8 Å². The minimum atomic E-state index is -3.06. The number of halogens is 2. The van der Waals surface area contributed by atoms with Crippen molar-refractivity contribution in [3.63, 3.8) is 0 Å². The smallest absolute Gasteiger partial charge is 0.151 e. The number of rotatable bonds is 3. The van der Waals surface area contributed by atoms with Gasteiger partial charge in [-0.2, -0.15) is 0 Å². The lowest BCUT2D eigenvalue weighted by molar-refractivity contribution is -0.121. The summed E-state index contributed by atoms with van der Waals surface area (Å²) in [5, 5.41) is 0.00893. The molecule has 0 bridgehead atoms. The fraction of sp³-hybridized carbons (Fsp3) is 0.417. The van der Waals surface area contributed by atoms with E-state index in [1.54, 1.807) is 6.07 Å². The number of carbonyl (C=O) groups is 1. The summed E-state index contributed by atoms with van der Waals surface area (Å²) in [4.78, 5) is 11.9. The van der Waals surface area contributed by atoms with Crippen LogP contribution in [0.3, 0.4) is 0 Å². The highest BCUT2D eigenvalue weighted by atomic mass is 35.5. The zero-order chi connectivity index (χ0) is 13.3. The van der Waals surface area contributed by atoms with Crippen molar-refractivity contribution in [1.82, 2.24) is 0 Å². The standard InChI is InChI=1S/C12H12ClFO3S/c13-10-2-1-8(5-11(10)14)6-12(15)9-3-4-18(16,17)7-9/h1-2,5,9H,3-4,6-7H2. The Balaban J connectivity index is 2.06. The van der Waals surface area contributed by atoms with Gasteiger partial charge in [-0.1, -0.05) is 17.7 Å². The first kappa shape index (κ1) is 13.5. The van der Waals surface area contributed by atoms with Crippen LogP contribution in [0.15, 0.2) is 18.2 Å². The van der Waals surface area contributed by atoms with Crippen molar-refractivity contribution in [2.75, 3.05) is 11.5 Å². The molecule has 0 radical (unpaired) electrons. The number of hydrogen-bond acceptors (Lipinski definition) is 3. The highest BCUT2D eigenvalue weighted by Gasteiger charge is 2.32. The van der Waals surface area contributed by atoms with Gasteiger partial charge in [0.25, 0.3) is 0 Å². The number of Topliss-reactive ketones (excluding diaryl/α,β-unsaturated/α-hetero) is 1. The Bertz CT molecular complexity index is 583. The second-order valence-corrected chi connectivity index (χ2v) is 7.13. The molecular weight excluding hydrogens is 279 g/mol. The molecule has 1 aromatic carbocycles. The molecule has 1 saturated heterocycles. The third kappa shape index (κ3) is 3.09. The van der Waals surface area contributed by atoms with Crippen molar-refractivity contribution >= 4 is 27.2 Å². The normalized spacial score (nSPS) is 22.0. The van der Waals surface area contributed by atoms with Crippen LogP contribution in [0.1, 0.15) is 12.0 Å². The Kier molecular flexibility index (Phi) is 3.73. The maximum Gasteiger partial charge on any atom is 0.151 e. The largest absolute Gasteiger partial charge is 0.299 e. The van der Waals surface area contributed by atoms with Crippen molar-refractivity contribution < 1.29 is 17.6 Å². The van der Waals surface area contributed by atoms with Crippen molar-refractivity contribution in [3.8, 4) is 0 Å². The van der Waals surface area contributed by atoms with Crippen LogP contribution in [0.25, 0.3) is 0 Å². The molecule has 0 aliphatic carbocycles. The van der Waals surface area contributed by atoms with E-state index in [9.17, 15) is 17.6 Å². The Morgan fingerprint density at radius 2 is 2.17 bits per heavy atom. The van der Waals surface area contributed by atoms with Gasteiger partial charge in [0.15, 0.2) is 9.84 Å². The molecule has 0 N–H and O–H groups in total. The molecule has 1 aliphatic rings. The topological polar surface area (TPSA) is 51.2 Å². The average Bonchev–Trinajstić information content (AvgIpc) is 2.64. The molecule has 1 unspecified atom stereocenters. The molecule has 1 atom stereocenters. The molecule has 1 heterocycles. The van der Waals surface area contributed by atoms with Crippen LogP contribution in [0.2, 0.25) is 5.02 Å². The van der Waals surface area contributed by atoms with Gasteiger partial charge in [-0.3, -0.25) is 4.79 Å². The lowest BCUT2D eigenvalue weighted by atomic mass is 9.97. The van der Waals surface area contributed by atoms with Crippen LogP contribution >= 0.6 is 11.6 Å². The van der Waals surface area contributed by atoms with E-state index in [0.717, 1.165) is 0 Å². The van der Waals surface area contributed by atoms with Gasteiger partial charge < -0.3 is 0 Å². The van der Waals surface area contributed by atoms with Crippen LogP contribution in [-0.2, 0) is 21.1 Å². The van der Waals surface area contributed by atoms with E-state index < -0.39 is 21.6 Å². The van der Waals surface area contributed by atoms with Gasteiger partial charge in [0.05, 0.1) is 16.5 Å². The fourth-order valence-electron chi connectivity index (χ4n) is 2.04. The molecule has 1 aromatic rings. The summed E-state index contributed by atoms with van der Waals surface area (Å²) in [5.41, 5.74) is 0.520. The Labute approximate surface area is 110 Å². The van der Waals surface area contributed by atoms with E-state index in [1.807, 2.05) is 0 Å².